The number of furan rings is 1. The summed E-state index contributed by atoms with van der Waals surface area (Å²) in [6.45, 7) is 7.59. The minimum absolute atomic E-state index is 0.0475. The molecule has 8 heteroatoms. The molecule has 0 aliphatic carbocycles. The zero-order chi connectivity index (χ0) is 22.7. The fourth-order valence-electron chi connectivity index (χ4n) is 4.12. The van der Waals surface area contributed by atoms with E-state index in [-0.39, 0.29) is 11.2 Å². The summed E-state index contributed by atoms with van der Waals surface area (Å²) in [5.41, 5.74) is 5.80. The van der Waals surface area contributed by atoms with Crippen LogP contribution >= 0.6 is 11.3 Å². The Kier molecular flexibility index (Phi) is 4.49. The molecular formula is C24H19N3O4S. The van der Waals surface area contributed by atoms with Gasteiger partial charge >= 0.3 is 0 Å². The molecule has 0 saturated carbocycles. The highest BCUT2D eigenvalue weighted by Crippen LogP contribution is 2.31. The fourth-order valence-corrected chi connectivity index (χ4v) is 5.08. The van der Waals surface area contributed by atoms with Crippen molar-refractivity contribution in [3.63, 3.8) is 0 Å². The SMILES string of the molecule is Cc1cc(C)c2nc3sc(=Cc4ccc(-c5cc([N+](=O)[O-])c(C)cc5C)o4)c(=O)n3c2c1. The number of nitro groups is 1. The van der Waals surface area contributed by atoms with Crippen molar-refractivity contribution < 1.29 is 9.34 Å². The Hall–Kier alpha value is -3.78. The van der Waals surface area contributed by atoms with Crippen molar-refractivity contribution in [2.24, 2.45) is 0 Å². The molecule has 0 aliphatic heterocycles. The van der Waals surface area contributed by atoms with Crippen LogP contribution in [0, 0.1) is 37.8 Å². The van der Waals surface area contributed by atoms with Crippen molar-refractivity contribution >= 4 is 39.1 Å². The number of aromatic nitrogens is 2. The van der Waals surface area contributed by atoms with Gasteiger partial charge in [-0.05, 0) is 68.7 Å². The predicted molar refractivity (Wildman–Crippen MR) is 125 cm³/mol. The van der Waals surface area contributed by atoms with E-state index in [9.17, 15) is 14.9 Å². The molecule has 3 heterocycles. The summed E-state index contributed by atoms with van der Waals surface area (Å²) in [6, 6.07) is 10.9. The average molecular weight is 446 g/mol. The molecule has 5 aromatic rings. The molecule has 160 valence electrons. The number of nitro benzene ring substituents is 1. The molecule has 7 nitrogen and oxygen atoms in total. The Labute approximate surface area is 186 Å². The number of thiazole rings is 1. The van der Waals surface area contributed by atoms with Gasteiger partial charge in [-0.1, -0.05) is 17.4 Å². The Bertz CT molecular complexity index is 1670. The topological polar surface area (TPSA) is 90.7 Å². The minimum Gasteiger partial charge on any atom is -0.457 e. The second kappa shape index (κ2) is 7.13. The molecule has 0 aliphatic rings. The van der Waals surface area contributed by atoms with Crippen molar-refractivity contribution in [2.75, 3.05) is 0 Å². The van der Waals surface area contributed by atoms with Crippen LogP contribution in [0.5, 0.6) is 0 Å². The smallest absolute Gasteiger partial charge is 0.275 e. The third kappa shape index (κ3) is 3.11. The summed E-state index contributed by atoms with van der Waals surface area (Å²) in [4.78, 5) is 29.3. The first-order chi connectivity index (χ1) is 15.2. The van der Waals surface area contributed by atoms with Gasteiger partial charge in [-0.15, -0.1) is 0 Å². The van der Waals surface area contributed by atoms with Crippen molar-refractivity contribution in [3.05, 3.63) is 89.4 Å². The first kappa shape index (κ1) is 20.1. The van der Waals surface area contributed by atoms with E-state index in [0.29, 0.717) is 32.1 Å². The highest BCUT2D eigenvalue weighted by atomic mass is 32.1. The molecule has 0 saturated heterocycles. The average Bonchev–Trinajstić information content (AvgIpc) is 3.38. The molecule has 0 spiro atoms. The van der Waals surface area contributed by atoms with Crippen LogP contribution in [0.3, 0.4) is 0 Å². The first-order valence-electron chi connectivity index (χ1n) is 10.0. The molecule has 32 heavy (non-hydrogen) atoms. The summed E-state index contributed by atoms with van der Waals surface area (Å²) in [5, 5.41) is 11.3. The van der Waals surface area contributed by atoms with Crippen molar-refractivity contribution in [3.8, 4) is 11.3 Å². The van der Waals surface area contributed by atoms with Crippen molar-refractivity contribution in [1.29, 1.82) is 0 Å². The maximum Gasteiger partial charge on any atom is 0.275 e. The Morgan fingerprint density at radius 1 is 1.06 bits per heavy atom. The van der Waals surface area contributed by atoms with E-state index in [1.807, 2.05) is 26.8 Å². The number of rotatable bonds is 3. The number of fused-ring (bicyclic) bond motifs is 3. The van der Waals surface area contributed by atoms with Gasteiger partial charge in [-0.25, -0.2) is 9.38 Å². The fraction of sp³-hybridized carbons (Fsp3) is 0.167. The molecule has 0 bridgehead atoms. The summed E-state index contributed by atoms with van der Waals surface area (Å²) in [7, 11) is 0. The van der Waals surface area contributed by atoms with Gasteiger partial charge < -0.3 is 4.42 Å². The highest BCUT2D eigenvalue weighted by Gasteiger charge is 2.17. The predicted octanol–water partition coefficient (Wildman–Crippen LogP) is 4.86. The van der Waals surface area contributed by atoms with Crippen LogP contribution in [-0.2, 0) is 0 Å². The summed E-state index contributed by atoms with van der Waals surface area (Å²) >= 11 is 1.31. The zero-order valence-electron chi connectivity index (χ0n) is 17.9. The Morgan fingerprint density at radius 3 is 2.59 bits per heavy atom. The van der Waals surface area contributed by atoms with Crippen LogP contribution in [0.2, 0.25) is 0 Å². The number of nitrogens with zero attached hydrogens (tertiary/aromatic N) is 3. The lowest BCUT2D eigenvalue weighted by atomic mass is 10.0. The molecule has 2 aromatic carbocycles. The standard InChI is InChI=1S/C24H19N3O4S/c1-12-7-15(4)22-19(8-12)26-23(28)21(32-24(26)25-22)10-16-5-6-20(31-16)17-11-18(27(29)30)14(3)9-13(17)2/h5-11H,1-4H3. The van der Waals surface area contributed by atoms with Crippen LogP contribution < -0.4 is 10.1 Å². The van der Waals surface area contributed by atoms with Crippen molar-refractivity contribution in [2.45, 2.75) is 27.7 Å². The lowest BCUT2D eigenvalue weighted by Gasteiger charge is -2.05. The third-order valence-corrected chi connectivity index (χ3v) is 6.55. The number of hydrogen-bond donors (Lipinski definition) is 0. The quantitative estimate of drug-likeness (QED) is 0.292. The van der Waals surface area contributed by atoms with Gasteiger partial charge in [0, 0.05) is 23.3 Å². The molecule has 0 fully saturated rings. The highest BCUT2D eigenvalue weighted by molar-refractivity contribution is 7.15. The molecule has 0 radical (unpaired) electrons. The number of benzene rings is 2. The molecular weight excluding hydrogens is 426 g/mol. The Balaban J connectivity index is 1.62. The van der Waals surface area contributed by atoms with Crippen LogP contribution in [0.15, 0.2) is 45.6 Å². The lowest BCUT2D eigenvalue weighted by molar-refractivity contribution is -0.385. The van der Waals surface area contributed by atoms with E-state index in [0.717, 1.165) is 27.7 Å². The number of imidazole rings is 1. The summed E-state index contributed by atoms with van der Waals surface area (Å²) < 4.78 is 8.10. The van der Waals surface area contributed by atoms with Crippen LogP contribution in [0.25, 0.3) is 33.4 Å². The molecule has 0 unspecified atom stereocenters. The largest absolute Gasteiger partial charge is 0.457 e. The normalized spacial score (nSPS) is 12.3. The maximum atomic E-state index is 13.1. The molecule has 0 atom stereocenters. The van der Waals surface area contributed by atoms with E-state index >= 15 is 0 Å². The van der Waals surface area contributed by atoms with Gasteiger partial charge in [0.2, 0.25) is 0 Å². The summed E-state index contributed by atoms with van der Waals surface area (Å²) in [6.07, 6.45) is 1.69. The van der Waals surface area contributed by atoms with Crippen LogP contribution in [0.4, 0.5) is 5.69 Å². The first-order valence-corrected chi connectivity index (χ1v) is 10.8. The van der Waals surface area contributed by atoms with E-state index < -0.39 is 4.92 Å². The zero-order valence-corrected chi connectivity index (χ0v) is 18.7. The van der Waals surface area contributed by atoms with Gasteiger partial charge in [0.15, 0.2) is 4.96 Å². The van der Waals surface area contributed by atoms with E-state index in [1.165, 1.54) is 17.4 Å². The number of aryl methyl sites for hydroxylation is 4. The Morgan fingerprint density at radius 2 is 1.84 bits per heavy atom. The van der Waals surface area contributed by atoms with Gasteiger partial charge in [0.1, 0.15) is 16.1 Å². The lowest BCUT2D eigenvalue weighted by Crippen LogP contribution is -2.22. The molecule has 0 amide bonds. The van der Waals surface area contributed by atoms with Gasteiger partial charge in [-0.3, -0.25) is 14.9 Å². The van der Waals surface area contributed by atoms with Crippen molar-refractivity contribution in [1.82, 2.24) is 9.38 Å². The van der Waals surface area contributed by atoms with Gasteiger partial charge in [-0.2, -0.15) is 0 Å². The molecule has 3 aromatic heterocycles. The van der Waals surface area contributed by atoms with E-state index in [1.54, 1.807) is 35.6 Å². The second-order valence-corrected chi connectivity index (χ2v) is 9.02. The monoisotopic (exact) mass is 445 g/mol. The minimum atomic E-state index is -0.396. The van der Waals surface area contributed by atoms with E-state index in [4.69, 9.17) is 4.42 Å². The third-order valence-electron chi connectivity index (χ3n) is 5.58. The van der Waals surface area contributed by atoms with Gasteiger partial charge in [0.05, 0.1) is 16.0 Å². The van der Waals surface area contributed by atoms with Crippen LogP contribution in [0.1, 0.15) is 28.0 Å². The summed E-state index contributed by atoms with van der Waals surface area (Å²) in [5.74, 6) is 1.02. The number of hydrogen-bond acceptors (Lipinski definition) is 6. The second-order valence-electron chi connectivity index (χ2n) is 8.01. The maximum absolute atomic E-state index is 13.1. The van der Waals surface area contributed by atoms with E-state index in [2.05, 4.69) is 11.1 Å². The molecule has 5 rings (SSSR count). The molecule has 0 N–H and O–H groups in total. The van der Waals surface area contributed by atoms with Gasteiger partial charge in [0.25, 0.3) is 11.2 Å². The van der Waals surface area contributed by atoms with Crippen LogP contribution in [-0.4, -0.2) is 14.3 Å².